The third kappa shape index (κ3) is 10.3. The Morgan fingerprint density at radius 1 is 0.818 bits per heavy atom. The van der Waals surface area contributed by atoms with Gasteiger partial charge in [-0.05, 0) is 43.4 Å². The molecule has 0 atom stereocenters. The zero-order valence-electron chi connectivity index (χ0n) is 15.5. The van der Waals surface area contributed by atoms with Gasteiger partial charge in [0, 0.05) is 19.1 Å². The SMILES string of the molecule is CC(=O)C(CCCCC(C)(C)CO)CCCCC(C)(C)CO. The fourth-order valence-corrected chi connectivity index (χ4v) is 2.70. The van der Waals surface area contributed by atoms with Crippen molar-refractivity contribution in [2.75, 3.05) is 13.2 Å². The maximum absolute atomic E-state index is 11.8. The van der Waals surface area contributed by atoms with E-state index in [1.807, 2.05) is 0 Å². The topological polar surface area (TPSA) is 57.5 Å². The van der Waals surface area contributed by atoms with E-state index in [-0.39, 0.29) is 30.0 Å². The summed E-state index contributed by atoms with van der Waals surface area (Å²) in [5, 5.41) is 18.5. The van der Waals surface area contributed by atoms with E-state index in [4.69, 9.17) is 0 Å². The number of ketones is 1. The van der Waals surface area contributed by atoms with Gasteiger partial charge in [0.05, 0.1) is 0 Å². The second kappa shape index (κ2) is 10.4. The maximum Gasteiger partial charge on any atom is 0.132 e. The summed E-state index contributed by atoms with van der Waals surface area (Å²) < 4.78 is 0. The second-order valence-corrected chi connectivity index (χ2v) is 8.44. The molecule has 0 aromatic rings. The molecule has 3 nitrogen and oxygen atoms in total. The van der Waals surface area contributed by atoms with Gasteiger partial charge in [0.25, 0.3) is 0 Å². The first-order valence-corrected chi connectivity index (χ1v) is 8.86. The van der Waals surface area contributed by atoms with Crippen molar-refractivity contribution >= 4 is 5.78 Å². The molecule has 0 bridgehead atoms. The van der Waals surface area contributed by atoms with Gasteiger partial charge in [0.2, 0.25) is 0 Å². The molecule has 0 heterocycles. The Labute approximate surface area is 137 Å². The van der Waals surface area contributed by atoms with E-state index in [9.17, 15) is 15.0 Å². The number of Topliss-reactive ketones (excluding diaryl/α,β-unsaturated/α-hetero) is 1. The predicted molar refractivity (Wildman–Crippen MR) is 92.8 cm³/mol. The summed E-state index contributed by atoms with van der Waals surface area (Å²) in [6.45, 7) is 10.5. The third-order valence-electron chi connectivity index (χ3n) is 4.74. The highest BCUT2D eigenvalue weighted by Gasteiger charge is 2.19. The number of hydrogen-bond donors (Lipinski definition) is 2. The van der Waals surface area contributed by atoms with Crippen molar-refractivity contribution in [2.45, 2.75) is 86.0 Å². The van der Waals surface area contributed by atoms with Crippen molar-refractivity contribution in [3.05, 3.63) is 0 Å². The Hall–Kier alpha value is -0.410. The predicted octanol–water partition coefficient (Wildman–Crippen LogP) is 4.35. The molecular formula is C19H38O3. The second-order valence-electron chi connectivity index (χ2n) is 8.44. The van der Waals surface area contributed by atoms with Crippen molar-refractivity contribution in [1.29, 1.82) is 0 Å². The van der Waals surface area contributed by atoms with Gasteiger partial charge in [-0.15, -0.1) is 0 Å². The van der Waals surface area contributed by atoms with Gasteiger partial charge in [-0.2, -0.15) is 0 Å². The molecule has 0 aliphatic rings. The Morgan fingerprint density at radius 2 is 1.18 bits per heavy atom. The highest BCUT2D eigenvalue weighted by Crippen LogP contribution is 2.27. The number of rotatable bonds is 13. The first-order valence-electron chi connectivity index (χ1n) is 8.86. The van der Waals surface area contributed by atoms with Gasteiger partial charge < -0.3 is 10.2 Å². The summed E-state index contributed by atoms with van der Waals surface area (Å²) in [5.74, 6) is 0.498. The highest BCUT2D eigenvalue weighted by atomic mass is 16.3. The van der Waals surface area contributed by atoms with E-state index in [1.165, 1.54) is 0 Å². The average molecular weight is 315 g/mol. The number of carbonyl (C=O) groups is 1. The monoisotopic (exact) mass is 314 g/mol. The minimum absolute atomic E-state index is 0.00158. The fraction of sp³-hybridized carbons (Fsp3) is 0.947. The fourth-order valence-electron chi connectivity index (χ4n) is 2.70. The Balaban J connectivity index is 3.95. The van der Waals surface area contributed by atoms with Crippen LogP contribution in [0, 0.1) is 16.7 Å². The molecule has 0 saturated heterocycles. The summed E-state index contributed by atoms with van der Waals surface area (Å²) in [6, 6.07) is 0. The number of unbranched alkanes of at least 4 members (excludes halogenated alkanes) is 2. The molecule has 0 rings (SSSR count). The van der Waals surface area contributed by atoms with Gasteiger partial charge in [-0.1, -0.05) is 53.4 Å². The molecule has 0 saturated carbocycles. The van der Waals surface area contributed by atoms with Crippen LogP contribution in [0.25, 0.3) is 0 Å². The molecule has 132 valence electrons. The zero-order chi connectivity index (χ0) is 17.2. The van der Waals surface area contributed by atoms with Gasteiger partial charge in [0.1, 0.15) is 5.78 Å². The van der Waals surface area contributed by atoms with E-state index in [2.05, 4.69) is 27.7 Å². The number of carbonyl (C=O) groups excluding carboxylic acids is 1. The molecule has 0 aromatic carbocycles. The van der Waals surface area contributed by atoms with Gasteiger partial charge in [-0.25, -0.2) is 0 Å². The first kappa shape index (κ1) is 21.6. The van der Waals surface area contributed by atoms with Crippen LogP contribution in [-0.2, 0) is 4.79 Å². The molecule has 0 fully saturated rings. The third-order valence-corrected chi connectivity index (χ3v) is 4.74. The van der Waals surface area contributed by atoms with E-state index in [1.54, 1.807) is 6.92 Å². The lowest BCUT2D eigenvalue weighted by Gasteiger charge is -2.22. The zero-order valence-corrected chi connectivity index (χ0v) is 15.5. The maximum atomic E-state index is 11.8. The summed E-state index contributed by atoms with van der Waals surface area (Å²) in [7, 11) is 0. The Bertz CT molecular complexity index is 284. The average Bonchev–Trinajstić information content (AvgIpc) is 2.45. The van der Waals surface area contributed by atoms with Crippen LogP contribution in [-0.4, -0.2) is 29.2 Å². The van der Waals surface area contributed by atoms with Crippen molar-refractivity contribution in [3.8, 4) is 0 Å². The van der Waals surface area contributed by atoms with Crippen LogP contribution in [0.2, 0.25) is 0 Å². The van der Waals surface area contributed by atoms with Crippen LogP contribution in [0.15, 0.2) is 0 Å². The molecule has 0 unspecified atom stereocenters. The highest BCUT2D eigenvalue weighted by molar-refractivity contribution is 5.78. The van der Waals surface area contributed by atoms with Gasteiger partial charge in [0.15, 0.2) is 0 Å². The van der Waals surface area contributed by atoms with Crippen LogP contribution in [0.4, 0.5) is 0 Å². The number of aliphatic hydroxyl groups excluding tert-OH is 2. The molecule has 0 amide bonds. The van der Waals surface area contributed by atoms with Crippen molar-refractivity contribution in [2.24, 2.45) is 16.7 Å². The van der Waals surface area contributed by atoms with Crippen LogP contribution in [0.3, 0.4) is 0 Å². The summed E-state index contributed by atoms with van der Waals surface area (Å²) in [6.07, 6.45) is 8.26. The normalized spacial score (nSPS) is 12.9. The van der Waals surface area contributed by atoms with Gasteiger partial charge in [-0.3, -0.25) is 4.79 Å². The largest absolute Gasteiger partial charge is 0.396 e. The van der Waals surface area contributed by atoms with Crippen LogP contribution >= 0.6 is 0 Å². The standard InChI is InChI=1S/C19H38O3/c1-16(22)17(10-6-8-12-18(2,3)14-20)11-7-9-13-19(4,5)15-21/h17,20-21H,6-15H2,1-5H3. The summed E-state index contributed by atoms with van der Waals surface area (Å²) in [5.41, 5.74) is 0.00317. The van der Waals surface area contributed by atoms with Crippen molar-refractivity contribution in [1.82, 2.24) is 0 Å². The molecular weight excluding hydrogens is 276 g/mol. The van der Waals surface area contributed by atoms with Gasteiger partial charge >= 0.3 is 0 Å². The first-order chi connectivity index (χ1) is 10.1. The molecule has 0 spiro atoms. The van der Waals surface area contributed by atoms with E-state index >= 15 is 0 Å². The van der Waals surface area contributed by atoms with E-state index in [0.29, 0.717) is 5.78 Å². The molecule has 3 heteroatoms. The van der Waals surface area contributed by atoms with E-state index in [0.717, 1.165) is 51.4 Å². The number of hydrogen-bond acceptors (Lipinski definition) is 3. The molecule has 0 aromatic heterocycles. The lowest BCUT2D eigenvalue weighted by Crippen LogP contribution is -2.17. The van der Waals surface area contributed by atoms with Crippen molar-refractivity contribution in [3.63, 3.8) is 0 Å². The quantitative estimate of drug-likeness (QED) is 0.497. The lowest BCUT2D eigenvalue weighted by atomic mass is 9.84. The smallest absolute Gasteiger partial charge is 0.132 e. The Kier molecular flexibility index (Phi) is 10.2. The molecule has 0 radical (unpaired) electrons. The molecule has 22 heavy (non-hydrogen) atoms. The summed E-state index contributed by atoms with van der Waals surface area (Å²) in [4.78, 5) is 11.8. The summed E-state index contributed by atoms with van der Waals surface area (Å²) >= 11 is 0. The minimum atomic E-state index is 0.00158. The Morgan fingerprint density at radius 3 is 1.45 bits per heavy atom. The number of aliphatic hydroxyl groups is 2. The van der Waals surface area contributed by atoms with Crippen LogP contribution in [0.1, 0.15) is 86.0 Å². The van der Waals surface area contributed by atoms with Crippen LogP contribution in [0.5, 0.6) is 0 Å². The van der Waals surface area contributed by atoms with Crippen LogP contribution < -0.4 is 0 Å². The molecule has 0 aliphatic heterocycles. The molecule has 0 aliphatic carbocycles. The van der Waals surface area contributed by atoms with Crippen molar-refractivity contribution < 1.29 is 15.0 Å². The lowest BCUT2D eigenvalue weighted by molar-refractivity contribution is -0.121. The molecule has 2 N–H and O–H groups in total. The van der Waals surface area contributed by atoms with E-state index < -0.39 is 0 Å². The minimum Gasteiger partial charge on any atom is -0.396 e.